The lowest BCUT2D eigenvalue weighted by molar-refractivity contribution is 0.400. The number of hydrogen-bond acceptors (Lipinski definition) is 3. The number of thioether (sulfide) groups is 1. The summed E-state index contributed by atoms with van der Waals surface area (Å²) in [7, 11) is 1.88. The molecule has 104 valence electrons. The molecule has 0 fully saturated rings. The van der Waals surface area contributed by atoms with Crippen LogP contribution in [0.4, 0.5) is 0 Å². The fourth-order valence-electron chi connectivity index (χ4n) is 2.19. The third kappa shape index (κ3) is 4.56. The molecule has 1 aromatic rings. The Kier molecular flexibility index (Phi) is 6.41. The zero-order valence-corrected chi connectivity index (χ0v) is 13.2. The number of nitrogens with zero attached hydrogens (tertiary/aromatic N) is 1. The molecule has 2 nitrogen and oxygen atoms in total. The molecule has 0 amide bonds. The highest BCUT2D eigenvalue weighted by molar-refractivity contribution is 7.99. The average molecular weight is 276 g/mol. The van der Waals surface area contributed by atoms with Gasteiger partial charge in [-0.25, -0.2) is 0 Å². The van der Waals surface area contributed by atoms with Crippen LogP contribution >= 0.6 is 11.8 Å². The summed E-state index contributed by atoms with van der Waals surface area (Å²) in [6.07, 6.45) is 2.82. The highest BCUT2D eigenvalue weighted by Gasteiger charge is 2.24. The van der Waals surface area contributed by atoms with Crippen molar-refractivity contribution in [1.82, 2.24) is 5.32 Å². The van der Waals surface area contributed by atoms with Crippen molar-refractivity contribution in [1.29, 1.82) is 5.26 Å². The zero-order chi connectivity index (χ0) is 14.3. The summed E-state index contributed by atoms with van der Waals surface area (Å²) >= 11 is 1.89. The normalized spacial score (nSPS) is 13.8. The molecule has 1 aromatic carbocycles. The number of aryl methyl sites for hydroxylation is 2. The minimum absolute atomic E-state index is 0.344. The largest absolute Gasteiger partial charge is 0.302 e. The van der Waals surface area contributed by atoms with Gasteiger partial charge in [0.25, 0.3) is 0 Å². The van der Waals surface area contributed by atoms with E-state index in [1.54, 1.807) is 0 Å². The molecule has 19 heavy (non-hydrogen) atoms. The van der Waals surface area contributed by atoms with Crippen molar-refractivity contribution in [2.45, 2.75) is 50.5 Å². The van der Waals surface area contributed by atoms with Gasteiger partial charge in [0, 0.05) is 4.90 Å². The van der Waals surface area contributed by atoms with Gasteiger partial charge in [0.05, 0.1) is 6.07 Å². The second-order valence-electron chi connectivity index (χ2n) is 5.02. The summed E-state index contributed by atoms with van der Waals surface area (Å²) in [5.74, 6) is 1.06. The highest BCUT2D eigenvalue weighted by atomic mass is 32.2. The monoisotopic (exact) mass is 276 g/mol. The summed E-state index contributed by atoms with van der Waals surface area (Å²) in [6, 6.07) is 9.00. The predicted octanol–water partition coefficient (Wildman–Crippen LogP) is 4.07. The molecular weight excluding hydrogens is 252 g/mol. The van der Waals surface area contributed by atoms with Crippen molar-refractivity contribution in [2.75, 3.05) is 12.8 Å². The van der Waals surface area contributed by atoms with Crippen LogP contribution in [-0.4, -0.2) is 18.3 Å². The molecule has 0 aliphatic heterocycles. The van der Waals surface area contributed by atoms with Crippen LogP contribution in [-0.2, 0) is 0 Å². The number of hydrogen-bond donors (Lipinski definition) is 1. The third-order valence-electron chi connectivity index (χ3n) is 3.63. The van der Waals surface area contributed by atoms with E-state index in [4.69, 9.17) is 0 Å². The molecule has 0 heterocycles. The van der Waals surface area contributed by atoms with Crippen LogP contribution < -0.4 is 5.32 Å². The van der Waals surface area contributed by atoms with E-state index in [0.717, 1.165) is 25.0 Å². The molecule has 1 N–H and O–H groups in total. The SMILES string of the molecule is CCC(C#N)(CCCSc1ccc(C)cc1C)NC. The van der Waals surface area contributed by atoms with E-state index in [2.05, 4.69) is 50.4 Å². The molecule has 0 spiro atoms. The standard InChI is InChI=1S/C16H24N2S/c1-5-16(12-17,18-4)9-6-10-19-15-8-7-13(2)11-14(15)3/h7-8,11,18H,5-6,9-10H2,1-4H3. The number of rotatable bonds is 7. The Bertz CT molecular complexity index is 445. The van der Waals surface area contributed by atoms with Crippen LogP contribution in [0.1, 0.15) is 37.3 Å². The molecule has 0 aromatic heterocycles. The first-order valence-electron chi connectivity index (χ1n) is 6.87. The van der Waals surface area contributed by atoms with Crippen molar-refractivity contribution in [3.63, 3.8) is 0 Å². The minimum Gasteiger partial charge on any atom is -0.302 e. The molecule has 0 bridgehead atoms. The van der Waals surface area contributed by atoms with E-state index in [1.807, 2.05) is 18.8 Å². The van der Waals surface area contributed by atoms with Crippen LogP contribution in [0.3, 0.4) is 0 Å². The molecule has 0 saturated heterocycles. The Morgan fingerprint density at radius 2 is 2.11 bits per heavy atom. The van der Waals surface area contributed by atoms with Gasteiger partial charge in [-0.15, -0.1) is 11.8 Å². The van der Waals surface area contributed by atoms with Crippen molar-refractivity contribution in [2.24, 2.45) is 0 Å². The Morgan fingerprint density at radius 3 is 2.63 bits per heavy atom. The van der Waals surface area contributed by atoms with Crippen molar-refractivity contribution >= 4 is 11.8 Å². The van der Waals surface area contributed by atoms with E-state index in [9.17, 15) is 5.26 Å². The fraction of sp³-hybridized carbons (Fsp3) is 0.562. The van der Waals surface area contributed by atoms with Crippen LogP contribution in [0.15, 0.2) is 23.1 Å². The summed E-state index contributed by atoms with van der Waals surface area (Å²) in [5, 5.41) is 12.4. The van der Waals surface area contributed by atoms with Crippen LogP contribution in [0.25, 0.3) is 0 Å². The smallest absolute Gasteiger partial charge is 0.106 e. The molecule has 3 heteroatoms. The maximum Gasteiger partial charge on any atom is 0.106 e. The molecule has 0 aliphatic carbocycles. The fourth-order valence-corrected chi connectivity index (χ4v) is 3.15. The first-order valence-corrected chi connectivity index (χ1v) is 7.85. The lowest BCUT2D eigenvalue weighted by atomic mass is 9.93. The molecular formula is C16H24N2S. The first-order chi connectivity index (χ1) is 9.06. The van der Waals surface area contributed by atoms with Gasteiger partial charge in [0.1, 0.15) is 5.54 Å². The van der Waals surface area contributed by atoms with Crippen molar-refractivity contribution < 1.29 is 0 Å². The molecule has 0 radical (unpaired) electrons. The predicted molar refractivity (Wildman–Crippen MR) is 83.6 cm³/mol. The first kappa shape index (κ1) is 16.1. The van der Waals surface area contributed by atoms with Gasteiger partial charge < -0.3 is 5.32 Å². The van der Waals surface area contributed by atoms with Crippen LogP contribution in [0.2, 0.25) is 0 Å². The van der Waals surface area contributed by atoms with Gasteiger partial charge in [-0.3, -0.25) is 0 Å². The topological polar surface area (TPSA) is 35.8 Å². The minimum atomic E-state index is -0.344. The molecule has 1 rings (SSSR count). The van der Waals surface area contributed by atoms with E-state index in [-0.39, 0.29) is 5.54 Å². The Morgan fingerprint density at radius 1 is 1.37 bits per heavy atom. The maximum absolute atomic E-state index is 9.25. The molecule has 0 aliphatic rings. The lowest BCUT2D eigenvalue weighted by Gasteiger charge is -2.24. The lowest BCUT2D eigenvalue weighted by Crippen LogP contribution is -2.40. The van der Waals surface area contributed by atoms with E-state index in [0.29, 0.717) is 0 Å². The Hall–Kier alpha value is -0.980. The Labute approximate surface area is 121 Å². The van der Waals surface area contributed by atoms with Crippen molar-refractivity contribution in [3.8, 4) is 6.07 Å². The summed E-state index contributed by atoms with van der Waals surface area (Å²) in [4.78, 5) is 1.36. The van der Waals surface area contributed by atoms with E-state index < -0.39 is 0 Å². The Balaban J connectivity index is 2.45. The van der Waals surface area contributed by atoms with Gasteiger partial charge >= 0.3 is 0 Å². The summed E-state index contributed by atoms with van der Waals surface area (Å²) in [6.45, 7) is 6.35. The second-order valence-corrected chi connectivity index (χ2v) is 6.16. The summed E-state index contributed by atoms with van der Waals surface area (Å²) < 4.78 is 0. The molecule has 1 unspecified atom stereocenters. The third-order valence-corrected chi connectivity index (χ3v) is 4.89. The van der Waals surface area contributed by atoms with E-state index in [1.165, 1.54) is 16.0 Å². The van der Waals surface area contributed by atoms with Gasteiger partial charge in [0.2, 0.25) is 0 Å². The van der Waals surface area contributed by atoms with Crippen LogP contribution in [0.5, 0.6) is 0 Å². The van der Waals surface area contributed by atoms with Gasteiger partial charge in [-0.2, -0.15) is 5.26 Å². The zero-order valence-electron chi connectivity index (χ0n) is 12.4. The highest BCUT2D eigenvalue weighted by Crippen LogP contribution is 2.25. The van der Waals surface area contributed by atoms with Gasteiger partial charge in [0.15, 0.2) is 0 Å². The van der Waals surface area contributed by atoms with Gasteiger partial charge in [-0.05, 0) is 57.5 Å². The molecule has 0 saturated carbocycles. The number of nitriles is 1. The average Bonchev–Trinajstić information content (AvgIpc) is 2.42. The summed E-state index contributed by atoms with van der Waals surface area (Å²) in [5.41, 5.74) is 2.32. The number of nitrogens with one attached hydrogen (secondary N) is 1. The van der Waals surface area contributed by atoms with Crippen LogP contribution in [0, 0.1) is 25.2 Å². The molecule has 1 atom stereocenters. The quantitative estimate of drug-likeness (QED) is 0.602. The maximum atomic E-state index is 9.25. The van der Waals surface area contributed by atoms with E-state index >= 15 is 0 Å². The second kappa shape index (κ2) is 7.57. The van der Waals surface area contributed by atoms with Crippen molar-refractivity contribution in [3.05, 3.63) is 29.3 Å². The van der Waals surface area contributed by atoms with Gasteiger partial charge in [-0.1, -0.05) is 24.6 Å². The number of benzene rings is 1.